The minimum absolute atomic E-state index is 0. The first-order chi connectivity index (χ1) is 20.3. The van der Waals surface area contributed by atoms with Gasteiger partial charge in [0, 0.05) is 44.0 Å². The Balaban J connectivity index is 0.00000423. The number of halogens is 2. The monoisotopic (exact) mass is 623 g/mol. The molecule has 1 aliphatic heterocycles. The number of carbonyl (C=O) groups is 3. The summed E-state index contributed by atoms with van der Waals surface area (Å²) >= 11 is 5.97. The van der Waals surface area contributed by atoms with Gasteiger partial charge in [-0.05, 0) is 47.6 Å². The van der Waals surface area contributed by atoms with Crippen molar-refractivity contribution in [2.75, 3.05) is 31.5 Å². The molecular weight excluding hydrogens is 585 g/mol. The lowest BCUT2D eigenvalue weighted by Gasteiger charge is -2.42. The van der Waals surface area contributed by atoms with E-state index in [1.54, 1.807) is 6.07 Å². The lowest BCUT2D eigenvalue weighted by Crippen LogP contribution is -2.51. The summed E-state index contributed by atoms with van der Waals surface area (Å²) in [5, 5.41) is 12.6. The van der Waals surface area contributed by atoms with Crippen molar-refractivity contribution in [1.29, 1.82) is 0 Å². The largest absolute Gasteiger partial charge is 0.478 e. The Morgan fingerprint density at radius 3 is 1.95 bits per heavy atom. The summed E-state index contributed by atoms with van der Waals surface area (Å²) in [6, 6.07) is 25.5. The van der Waals surface area contributed by atoms with Crippen molar-refractivity contribution in [2.24, 2.45) is 5.41 Å². The highest BCUT2D eigenvalue weighted by molar-refractivity contribution is 6.31. The number of nitrogens with zero attached hydrogens (tertiary/aromatic N) is 2. The number of amides is 2. The zero-order chi connectivity index (χ0) is 29.5. The van der Waals surface area contributed by atoms with Gasteiger partial charge in [0.15, 0.2) is 0 Å². The van der Waals surface area contributed by atoms with E-state index in [4.69, 9.17) is 11.6 Å². The summed E-state index contributed by atoms with van der Waals surface area (Å²) in [5.74, 6) is -1.33. The Hall–Kier alpha value is -3.39. The van der Waals surface area contributed by atoms with Crippen molar-refractivity contribution in [3.8, 4) is 0 Å². The van der Waals surface area contributed by atoms with Gasteiger partial charge in [-0.2, -0.15) is 0 Å². The van der Waals surface area contributed by atoms with E-state index in [0.717, 1.165) is 45.2 Å². The average molecular weight is 625 g/mol. The fourth-order valence-electron chi connectivity index (χ4n) is 6.60. The molecular formula is C34H39Cl2N3O4. The van der Waals surface area contributed by atoms with Crippen LogP contribution >= 0.6 is 24.0 Å². The first kappa shape index (κ1) is 32.5. The molecule has 2 amide bonds. The van der Waals surface area contributed by atoms with Crippen LogP contribution in [0.4, 0.5) is 5.69 Å². The van der Waals surface area contributed by atoms with Crippen LogP contribution < -0.4 is 5.32 Å². The molecule has 0 spiro atoms. The SMILES string of the molecule is Cl.O=C(CC1(CC(=O)N2CCN(C(c3ccccc3)c3ccccc3)CC2)CCCCC1)Nc1ccc(Cl)cc1C(=O)O. The number of hydrogen-bond donors (Lipinski definition) is 2. The molecule has 0 atom stereocenters. The predicted octanol–water partition coefficient (Wildman–Crippen LogP) is 7.06. The van der Waals surface area contributed by atoms with Crippen LogP contribution in [0.5, 0.6) is 0 Å². The zero-order valence-electron chi connectivity index (χ0n) is 24.2. The van der Waals surface area contributed by atoms with Gasteiger partial charge in [-0.1, -0.05) is 91.5 Å². The van der Waals surface area contributed by atoms with Crippen molar-refractivity contribution < 1.29 is 19.5 Å². The summed E-state index contributed by atoms with van der Waals surface area (Å²) < 4.78 is 0. The summed E-state index contributed by atoms with van der Waals surface area (Å²) in [4.78, 5) is 43.0. The Labute approximate surface area is 264 Å². The highest BCUT2D eigenvalue weighted by Gasteiger charge is 2.38. The average Bonchev–Trinajstić information content (AvgIpc) is 3.00. The fourth-order valence-corrected chi connectivity index (χ4v) is 6.77. The maximum absolute atomic E-state index is 13.7. The second kappa shape index (κ2) is 14.9. The van der Waals surface area contributed by atoms with Gasteiger partial charge in [0.1, 0.15) is 0 Å². The van der Waals surface area contributed by atoms with E-state index in [1.807, 2.05) is 17.0 Å². The topological polar surface area (TPSA) is 90.0 Å². The Bertz CT molecular complexity index is 1350. The van der Waals surface area contributed by atoms with E-state index >= 15 is 0 Å². The van der Waals surface area contributed by atoms with Gasteiger partial charge >= 0.3 is 5.97 Å². The highest BCUT2D eigenvalue weighted by Crippen LogP contribution is 2.43. The summed E-state index contributed by atoms with van der Waals surface area (Å²) in [7, 11) is 0. The number of carboxylic acids is 1. The molecule has 0 unspecified atom stereocenters. The molecule has 7 nitrogen and oxygen atoms in total. The molecule has 228 valence electrons. The molecule has 1 saturated carbocycles. The lowest BCUT2D eigenvalue weighted by molar-refractivity contribution is -0.137. The molecule has 0 bridgehead atoms. The van der Waals surface area contributed by atoms with E-state index < -0.39 is 11.4 Å². The molecule has 3 aromatic rings. The molecule has 2 N–H and O–H groups in total. The van der Waals surface area contributed by atoms with E-state index in [9.17, 15) is 19.5 Å². The van der Waals surface area contributed by atoms with Crippen molar-refractivity contribution in [1.82, 2.24) is 9.80 Å². The molecule has 2 fully saturated rings. The van der Waals surface area contributed by atoms with Crippen LogP contribution in [0.2, 0.25) is 5.02 Å². The van der Waals surface area contributed by atoms with Crippen molar-refractivity contribution in [3.05, 3.63) is 101 Å². The number of benzene rings is 3. The Morgan fingerprint density at radius 2 is 1.40 bits per heavy atom. The zero-order valence-corrected chi connectivity index (χ0v) is 25.8. The van der Waals surface area contributed by atoms with Crippen LogP contribution in [0.3, 0.4) is 0 Å². The van der Waals surface area contributed by atoms with Gasteiger partial charge in [-0.25, -0.2) is 4.79 Å². The molecule has 5 rings (SSSR count). The summed E-state index contributed by atoms with van der Waals surface area (Å²) in [6.45, 7) is 2.82. The standard InChI is InChI=1S/C34H38ClN3O4.ClH/c35-27-14-15-29(28(22-27)33(41)42)36-30(39)23-34(16-8-3-9-17-34)24-31(40)37-18-20-38(21-19-37)32(25-10-4-1-5-11-25)26-12-6-2-7-13-26;/h1-2,4-7,10-15,22,32H,3,8-9,16-21,23-24H2,(H,36,39)(H,41,42);1H. The normalized spacial score (nSPS) is 16.7. The first-order valence-corrected chi connectivity index (χ1v) is 15.2. The van der Waals surface area contributed by atoms with Crippen LogP contribution in [0.1, 0.15) is 72.5 Å². The van der Waals surface area contributed by atoms with Crippen LogP contribution in [-0.4, -0.2) is 58.9 Å². The number of anilines is 1. The Morgan fingerprint density at radius 1 is 0.814 bits per heavy atom. The maximum atomic E-state index is 13.7. The van der Waals surface area contributed by atoms with Gasteiger partial charge < -0.3 is 15.3 Å². The molecule has 2 aliphatic rings. The van der Waals surface area contributed by atoms with Gasteiger partial charge in [0.05, 0.1) is 17.3 Å². The van der Waals surface area contributed by atoms with Gasteiger partial charge in [-0.15, -0.1) is 12.4 Å². The van der Waals surface area contributed by atoms with Crippen LogP contribution in [0.25, 0.3) is 0 Å². The number of nitrogens with one attached hydrogen (secondary N) is 1. The van der Waals surface area contributed by atoms with Crippen LogP contribution in [0.15, 0.2) is 78.9 Å². The molecule has 1 aliphatic carbocycles. The smallest absolute Gasteiger partial charge is 0.337 e. The molecule has 43 heavy (non-hydrogen) atoms. The Kier molecular flexibility index (Phi) is 11.2. The van der Waals surface area contributed by atoms with E-state index in [1.165, 1.54) is 23.3 Å². The van der Waals surface area contributed by atoms with E-state index in [2.05, 4.69) is 58.7 Å². The van der Waals surface area contributed by atoms with Gasteiger partial charge in [-0.3, -0.25) is 14.5 Å². The molecule has 1 heterocycles. The molecule has 0 radical (unpaired) electrons. The minimum atomic E-state index is -1.16. The fraction of sp³-hybridized carbons (Fsp3) is 0.382. The minimum Gasteiger partial charge on any atom is -0.478 e. The third-order valence-electron chi connectivity index (χ3n) is 8.72. The second-order valence-corrected chi connectivity index (χ2v) is 12.0. The maximum Gasteiger partial charge on any atom is 0.337 e. The van der Waals surface area contributed by atoms with Crippen molar-refractivity contribution >= 4 is 47.5 Å². The van der Waals surface area contributed by atoms with Gasteiger partial charge in [0.25, 0.3) is 0 Å². The molecule has 0 aromatic heterocycles. The number of rotatable bonds is 9. The predicted molar refractivity (Wildman–Crippen MR) is 172 cm³/mol. The first-order valence-electron chi connectivity index (χ1n) is 14.8. The number of carbonyl (C=O) groups excluding carboxylic acids is 2. The van der Waals surface area contributed by atoms with Crippen LogP contribution in [0, 0.1) is 5.41 Å². The molecule has 1 saturated heterocycles. The lowest BCUT2D eigenvalue weighted by atomic mass is 9.69. The molecule has 3 aromatic carbocycles. The quantitative estimate of drug-likeness (QED) is 0.266. The number of hydrogen-bond acceptors (Lipinski definition) is 4. The van der Waals surface area contributed by atoms with Crippen LogP contribution in [-0.2, 0) is 9.59 Å². The van der Waals surface area contributed by atoms with Crippen molar-refractivity contribution in [3.63, 3.8) is 0 Å². The number of aromatic carboxylic acids is 1. The van der Waals surface area contributed by atoms with Gasteiger partial charge in [0.2, 0.25) is 11.8 Å². The summed E-state index contributed by atoms with van der Waals surface area (Å²) in [5.41, 5.74) is 2.22. The van der Waals surface area contributed by atoms with Crippen molar-refractivity contribution in [2.45, 2.75) is 51.0 Å². The van der Waals surface area contributed by atoms with E-state index in [0.29, 0.717) is 24.5 Å². The second-order valence-electron chi connectivity index (χ2n) is 11.6. The van der Waals surface area contributed by atoms with E-state index in [-0.39, 0.29) is 47.9 Å². The third kappa shape index (κ3) is 8.17. The molecule has 9 heteroatoms. The third-order valence-corrected chi connectivity index (χ3v) is 8.96. The number of piperazine rings is 1. The highest BCUT2D eigenvalue weighted by atomic mass is 35.5. The summed E-state index contributed by atoms with van der Waals surface area (Å²) in [6.07, 6.45) is 5.18. The number of carboxylic acid groups (broad SMARTS) is 1.